The fraction of sp³-hybridized carbons (Fsp3) is 0.432. The molecule has 2 fully saturated rings. The second-order valence-electron chi connectivity index (χ2n) is 12.4. The van der Waals surface area contributed by atoms with Crippen molar-refractivity contribution in [2.24, 2.45) is 0 Å². The van der Waals surface area contributed by atoms with E-state index in [0.717, 1.165) is 37.2 Å². The number of piperazine rings is 1. The number of piperidine rings is 1. The van der Waals surface area contributed by atoms with Gasteiger partial charge in [-0.05, 0) is 61.1 Å². The number of alkyl carbamates (subject to hydrolysis) is 1. The lowest BCUT2D eigenvalue weighted by Crippen LogP contribution is -2.73. The van der Waals surface area contributed by atoms with Crippen LogP contribution in [0.1, 0.15) is 61.6 Å². The van der Waals surface area contributed by atoms with Gasteiger partial charge in [0.25, 0.3) is 0 Å². The van der Waals surface area contributed by atoms with Gasteiger partial charge in [0.2, 0.25) is 11.8 Å². The number of nitrogens with one attached hydrogen (secondary N) is 2. The van der Waals surface area contributed by atoms with Crippen LogP contribution in [0.3, 0.4) is 0 Å². The maximum atomic E-state index is 14.1. The standard InChI is InChI=1S/C37H46N4O4/c1-29(32-17-9-4-10-18-32)27-41-34(42)33(19-11-12-23-38-36(44)45-28-31-15-7-3-8-16-31)39-35(43)37(41)21-25-40(26-22-37)24-20-30-13-5-2-6-14-30/h2-10,13-18,29,33H,11-12,19-28H2,1H3,(H,38,44)(H,39,43)/t29?,33-/m0/s1. The molecule has 2 aliphatic heterocycles. The van der Waals surface area contributed by atoms with Crippen LogP contribution in [0, 0.1) is 0 Å². The molecule has 2 N–H and O–H groups in total. The van der Waals surface area contributed by atoms with Crippen LogP contribution in [0.2, 0.25) is 0 Å². The van der Waals surface area contributed by atoms with Crippen molar-refractivity contribution in [3.8, 4) is 0 Å². The molecule has 0 radical (unpaired) electrons. The van der Waals surface area contributed by atoms with E-state index in [4.69, 9.17) is 4.74 Å². The zero-order chi connectivity index (χ0) is 31.5. The summed E-state index contributed by atoms with van der Waals surface area (Å²) in [6.45, 7) is 5.80. The summed E-state index contributed by atoms with van der Waals surface area (Å²) in [6, 6.07) is 29.7. The monoisotopic (exact) mass is 610 g/mol. The fourth-order valence-corrected chi connectivity index (χ4v) is 6.51. The van der Waals surface area contributed by atoms with Crippen LogP contribution in [0.25, 0.3) is 0 Å². The number of rotatable bonds is 13. The lowest BCUT2D eigenvalue weighted by molar-refractivity contribution is -0.161. The molecule has 8 heteroatoms. The summed E-state index contributed by atoms with van der Waals surface area (Å²) in [7, 11) is 0. The lowest BCUT2D eigenvalue weighted by Gasteiger charge is -2.52. The molecule has 2 saturated heterocycles. The molecule has 0 aromatic heterocycles. The summed E-state index contributed by atoms with van der Waals surface area (Å²) < 4.78 is 5.28. The van der Waals surface area contributed by atoms with Crippen molar-refractivity contribution in [3.63, 3.8) is 0 Å². The second kappa shape index (κ2) is 15.7. The summed E-state index contributed by atoms with van der Waals surface area (Å²) in [5, 5.41) is 5.91. The molecule has 0 saturated carbocycles. The number of unbranched alkanes of at least 4 members (excludes halogenated alkanes) is 1. The van der Waals surface area contributed by atoms with E-state index >= 15 is 0 Å². The Labute approximate surface area is 267 Å². The van der Waals surface area contributed by atoms with Crippen molar-refractivity contribution < 1.29 is 19.1 Å². The minimum absolute atomic E-state index is 0.00495. The number of ether oxygens (including phenoxy) is 1. The van der Waals surface area contributed by atoms with Gasteiger partial charge in [-0.3, -0.25) is 9.59 Å². The van der Waals surface area contributed by atoms with E-state index in [-0.39, 0.29) is 24.3 Å². The number of carbonyl (C=O) groups is 3. The predicted octanol–water partition coefficient (Wildman–Crippen LogP) is 5.29. The van der Waals surface area contributed by atoms with Crippen molar-refractivity contribution >= 4 is 17.9 Å². The van der Waals surface area contributed by atoms with E-state index < -0.39 is 17.7 Å². The highest BCUT2D eigenvalue weighted by molar-refractivity contribution is 6.00. The average Bonchev–Trinajstić information content (AvgIpc) is 3.08. The number of nitrogens with zero attached hydrogens (tertiary/aromatic N) is 2. The molecule has 3 aromatic carbocycles. The van der Waals surface area contributed by atoms with Crippen molar-refractivity contribution in [1.29, 1.82) is 0 Å². The number of benzene rings is 3. The molecular formula is C37H46N4O4. The molecule has 2 heterocycles. The minimum Gasteiger partial charge on any atom is -0.445 e. The molecule has 1 spiro atoms. The maximum absolute atomic E-state index is 14.1. The highest BCUT2D eigenvalue weighted by Gasteiger charge is 2.53. The molecule has 0 bridgehead atoms. The summed E-state index contributed by atoms with van der Waals surface area (Å²) >= 11 is 0. The van der Waals surface area contributed by atoms with E-state index in [1.54, 1.807) is 0 Å². The Kier molecular flexibility index (Phi) is 11.3. The lowest BCUT2D eigenvalue weighted by atomic mass is 9.80. The van der Waals surface area contributed by atoms with Gasteiger partial charge in [-0.1, -0.05) is 97.9 Å². The Bertz CT molecular complexity index is 1380. The van der Waals surface area contributed by atoms with Crippen LogP contribution in [0.15, 0.2) is 91.0 Å². The number of hydrogen-bond donors (Lipinski definition) is 2. The third-order valence-corrected chi connectivity index (χ3v) is 9.28. The molecular weight excluding hydrogens is 564 g/mol. The summed E-state index contributed by atoms with van der Waals surface area (Å²) in [5.74, 6) is 0.0730. The minimum atomic E-state index is -0.829. The van der Waals surface area contributed by atoms with Crippen molar-refractivity contribution in [2.45, 2.75) is 69.6 Å². The second-order valence-corrected chi connectivity index (χ2v) is 12.4. The van der Waals surface area contributed by atoms with Crippen LogP contribution >= 0.6 is 0 Å². The Hall–Kier alpha value is -4.17. The van der Waals surface area contributed by atoms with Gasteiger partial charge >= 0.3 is 6.09 Å². The molecule has 0 aliphatic carbocycles. The number of hydrogen-bond acceptors (Lipinski definition) is 5. The van der Waals surface area contributed by atoms with E-state index in [0.29, 0.717) is 45.2 Å². The van der Waals surface area contributed by atoms with Crippen LogP contribution < -0.4 is 10.6 Å². The molecule has 2 aliphatic rings. The number of likely N-dealkylation sites (tertiary alicyclic amines) is 1. The first-order chi connectivity index (χ1) is 21.9. The van der Waals surface area contributed by atoms with Crippen LogP contribution in [-0.2, 0) is 27.4 Å². The van der Waals surface area contributed by atoms with Gasteiger partial charge in [0.05, 0.1) is 0 Å². The van der Waals surface area contributed by atoms with Gasteiger partial charge in [-0.2, -0.15) is 0 Å². The van der Waals surface area contributed by atoms with E-state index in [1.807, 2.05) is 59.5 Å². The summed E-state index contributed by atoms with van der Waals surface area (Å²) in [5.41, 5.74) is 2.57. The van der Waals surface area contributed by atoms with Gasteiger partial charge in [-0.25, -0.2) is 4.79 Å². The average molecular weight is 611 g/mol. The zero-order valence-electron chi connectivity index (χ0n) is 26.3. The van der Waals surface area contributed by atoms with Crippen LogP contribution in [0.4, 0.5) is 4.79 Å². The molecule has 5 rings (SSSR count). The highest BCUT2D eigenvalue weighted by Crippen LogP contribution is 2.35. The first-order valence-corrected chi connectivity index (χ1v) is 16.3. The molecule has 2 atom stereocenters. The Balaban J connectivity index is 1.16. The topological polar surface area (TPSA) is 91.0 Å². The first-order valence-electron chi connectivity index (χ1n) is 16.3. The fourth-order valence-electron chi connectivity index (χ4n) is 6.51. The molecule has 8 nitrogen and oxygen atoms in total. The quantitative estimate of drug-likeness (QED) is 0.257. The summed E-state index contributed by atoms with van der Waals surface area (Å²) in [4.78, 5) is 44.4. The molecule has 1 unspecified atom stereocenters. The molecule has 3 amide bonds. The number of amides is 3. The Morgan fingerprint density at radius 1 is 0.911 bits per heavy atom. The van der Waals surface area contributed by atoms with Crippen molar-refractivity contribution in [2.75, 3.05) is 32.7 Å². The molecule has 3 aromatic rings. The maximum Gasteiger partial charge on any atom is 0.407 e. The molecule has 45 heavy (non-hydrogen) atoms. The SMILES string of the molecule is CC(CN1C(=O)[C@H](CCCCNC(=O)OCc2ccccc2)NC(=O)C12CCN(CCc1ccccc1)CC2)c1ccccc1. The third-order valence-electron chi connectivity index (χ3n) is 9.28. The van der Waals surface area contributed by atoms with Crippen molar-refractivity contribution in [3.05, 3.63) is 108 Å². The Morgan fingerprint density at radius 2 is 1.53 bits per heavy atom. The van der Waals surface area contributed by atoms with Crippen molar-refractivity contribution in [1.82, 2.24) is 20.4 Å². The van der Waals surface area contributed by atoms with E-state index in [1.165, 1.54) is 5.56 Å². The highest BCUT2D eigenvalue weighted by atomic mass is 16.5. The van der Waals surface area contributed by atoms with Gasteiger partial charge in [0.15, 0.2) is 0 Å². The van der Waals surface area contributed by atoms with Gasteiger partial charge in [0.1, 0.15) is 18.2 Å². The van der Waals surface area contributed by atoms with Gasteiger partial charge in [-0.15, -0.1) is 0 Å². The first kappa shape index (κ1) is 32.2. The molecule has 238 valence electrons. The number of carbonyl (C=O) groups excluding carboxylic acids is 3. The van der Waals surface area contributed by atoms with Crippen LogP contribution in [-0.4, -0.2) is 72.0 Å². The van der Waals surface area contributed by atoms with E-state index in [9.17, 15) is 14.4 Å². The Morgan fingerprint density at radius 3 is 2.20 bits per heavy atom. The van der Waals surface area contributed by atoms with Crippen LogP contribution in [0.5, 0.6) is 0 Å². The third kappa shape index (κ3) is 8.51. The predicted molar refractivity (Wildman–Crippen MR) is 176 cm³/mol. The normalized spacial score (nSPS) is 18.8. The largest absolute Gasteiger partial charge is 0.445 e. The van der Waals surface area contributed by atoms with E-state index in [2.05, 4.69) is 58.9 Å². The summed E-state index contributed by atoms with van der Waals surface area (Å²) in [6.07, 6.45) is 3.67. The smallest absolute Gasteiger partial charge is 0.407 e. The zero-order valence-corrected chi connectivity index (χ0v) is 26.3. The van der Waals surface area contributed by atoms with Gasteiger partial charge in [0, 0.05) is 32.7 Å². The van der Waals surface area contributed by atoms with Gasteiger partial charge < -0.3 is 25.2 Å².